The van der Waals surface area contributed by atoms with E-state index >= 15 is 0 Å². The topological polar surface area (TPSA) is 73.9 Å². The van der Waals surface area contributed by atoms with Crippen LogP contribution >= 0.6 is 7.75 Å². The summed E-state index contributed by atoms with van der Waals surface area (Å²) < 4.78 is 30.2. The van der Waals surface area contributed by atoms with Gasteiger partial charge in [0.05, 0.1) is 6.61 Å². The summed E-state index contributed by atoms with van der Waals surface area (Å²) in [5.41, 5.74) is 1.04. The van der Waals surface area contributed by atoms with E-state index < -0.39 is 19.8 Å². The maximum absolute atomic E-state index is 13.6. The average Bonchev–Trinajstić information content (AvgIpc) is 2.70. The van der Waals surface area contributed by atoms with Crippen molar-refractivity contribution in [2.24, 2.45) is 0 Å². The minimum absolute atomic E-state index is 0.220. The first-order valence-electron chi connectivity index (χ1n) is 9.38. The highest BCUT2D eigenvalue weighted by atomic mass is 31.2. The molecule has 7 heteroatoms. The van der Waals surface area contributed by atoms with Gasteiger partial charge in [0.1, 0.15) is 17.5 Å². The highest BCUT2D eigenvalue weighted by molar-refractivity contribution is 7.52. The first-order valence-corrected chi connectivity index (χ1v) is 10.9. The fraction of sp³-hybridized carbons (Fsp3) is 0.227. The molecular weight excluding hydrogens is 389 g/mol. The summed E-state index contributed by atoms with van der Waals surface area (Å²) >= 11 is 0. The number of fused-ring (bicyclic) bond motifs is 1. The molecule has 3 aromatic rings. The van der Waals surface area contributed by atoms with Gasteiger partial charge in [0.15, 0.2) is 0 Å². The lowest BCUT2D eigenvalue weighted by Crippen LogP contribution is -2.35. The van der Waals surface area contributed by atoms with Crippen molar-refractivity contribution in [2.75, 3.05) is 6.61 Å². The van der Waals surface area contributed by atoms with Crippen molar-refractivity contribution in [2.45, 2.75) is 26.8 Å². The highest BCUT2D eigenvalue weighted by Gasteiger charge is 2.34. The minimum Gasteiger partial charge on any atom is -0.465 e. The van der Waals surface area contributed by atoms with Gasteiger partial charge in [0.2, 0.25) is 0 Å². The van der Waals surface area contributed by atoms with Crippen LogP contribution in [0.1, 0.15) is 19.4 Å². The average molecular weight is 413 g/mol. The molecule has 0 aromatic heterocycles. The molecule has 3 rings (SSSR count). The van der Waals surface area contributed by atoms with E-state index in [1.807, 2.05) is 55.5 Å². The van der Waals surface area contributed by atoms with Crippen LogP contribution in [0.3, 0.4) is 0 Å². The molecule has 0 unspecified atom stereocenters. The normalized spacial score (nSPS) is 14.0. The van der Waals surface area contributed by atoms with Crippen LogP contribution in [0.2, 0.25) is 0 Å². The fourth-order valence-electron chi connectivity index (χ4n) is 2.77. The largest absolute Gasteiger partial charge is 0.513 e. The van der Waals surface area contributed by atoms with Crippen molar-refractivity contribution in [3.63, 3.8) is 0 Å². The maximum atomic E-state index is 13.6. The Kier molecular flexibility index (Phi) is 6.57. The Morgan fingerprint density at radius 1 is 1.00 bits per heavy atom. The van der Waals surface area contributed by atoms with Crippen molar-refractivity contribution in [3.05, 3.63) is 72.3 Å². The maximum Gasteiger partial charge on any atom is 0.513 e. The van der Waals surface area contributed by atoms with E-state index in [1.165, 1.54) is 0 Å². The number of rotatable bonds is 8. The lowest BCUT2D eigenvalue weighted by Gasteiger charge is -2.23. The number of carbonyl (C=O) groups excluding carboxylic acids is 1. The number of hydrogen-bond acceptors (Lipinski definition) is 5. The number of ether oxygens (including phenoxy) is 1. The number of hydrogen-bond donors (Lipinski definition) is 1. The van der Waals surface area contributed by atoms with Gasteiger partial charge >= 0.3 is 13.7 Å². The minimum atomic E-state index is -3.97. The second kappa shape index (κ2) is 9.12. The second-order valence-electron chi connectivity index (χ2n) is 6.57. The third-order valence-corrected chi connectivity index (χ3v) is 5.80. The van der Waals surface area contributed by atoms with E-state index in [9.17, 15) is 9.36 Å². The molecule has 0 radical (unpaired) electrons. The van der Waals surface area contributed by atoms with Gasteiger partial charge < -0.3 is 13.8 Å². The molecule has 0 aliphatic heterocycles. The monoisotopic (exact) mass is 413 g/mol. The molecule has 0 aliphatic carbocycles. The second-order valence-corrected chi connectivity index (χ2v) is 8.19. The Hall–Kier alpha value is -2.82. The van der Waals surface area contributed by atoms with Crippen LogP contribution in [0.4, 0.5) is 0 Å². The molecular formula is C22H24NO5P. The van der Waals surface area contributed by atoms with E-state index in [1.54, 1.807) is 32.0 Å². The van der Waals surface area contributed by atoms with Gasteiger partial charge in [-0.05, 0) is 44.4 Å². The number of esters is 1. The predicted molar refractivity (Wildman–Crippen MR) is 113 cm³/mol. The van der Waals surface area contributed by atoms with Gasteiger partial charge in [0.25, 0.3) is 0 Å². The van der Waals surface area contributed by atoms with E-state index in [4.69, 9.17) is 13.8 Å². The Morgan fingerprint density at radius 2 is 1.69 bits per heavy atom. The lowest BCUT2D eigenvalue weighted by molar-refractivity contribution is -0.144. The van der Waals surface area contributed by atoms with Crippen LogP contribution < -0.4 is 14.1 Å². The molecule has 0 fully saturated rings. The van der Waals surface area contributed by atoms with Crippen molar-refractivity contribution >= 4 is 24.5 Å². The van der Waals surface area contributed by atoms with E-state index in [-0.39, 0.29) is 6.61 Å². The number of nitrogens with one attached hydrogen (secondary N) is 1. The Labute approximate surface area is 170 Å². The molecule has 0 saturated carbocycles. The first kappa shape index (κ1) is 20.9. The standard InChI is InChI=1S/C22H24NO5P/c1-4-26-22(24)17(3)23-29(25,27-19-14-12-16(2)13-15-19)28-21-11-7-9-18-8-5-6-10-20(18)21/h5-15,17H,4H2,1-3H3,(H,23,25)/t17-,29-/m0/s1. The van der Waals surface area contributed by atoms with Gasteiger partial charge in [0, 0.05) is 5.39 Å². The molecule has 152 valence electrons. The fourth-order valence-corrected chi connectivity index (χ4v) is 4.31. The van der Waals surface area contributed by atoms with Crippen LogP contribution in [0.25, 0.3) is 10.8 Å². The quantitative estimate of drug-likeness (QED) is 0.401. The zero-order valence-corrected chi connectivity index (χ0v) is 17.5. The van der Waals surface area contributed by atoms with Crippen LogP contribution in [-0.2, 0) is 14.1 Å². The Bertz CT molecular complexity index is 1030. The van der Waals surface area contributed by atoms with Gasteiger partial charge in [-0.3, -0.25) is 4.79 Å². The molecule has 0 aliphatic rings. The molecule has 2 atom stereocenters. The van der Waals surface area contributed by atoms with Gasteiger partial charge in [-0.25, -0.2) is 4.57 Å². The number of aryl methyl sites for hydroxylation is 1. The zero-order chi connectivity index (χ0) is 20.9. The summed E-state index contributed by atoms with van der Waals surface area (Å²) in [6, 6.07) is 19.2. The van der Waals surface area contributed by atoms with Gasteiger partial charge in [-0.1, -0.05) is 54.1 Å². The van der Waals surface area contributed by atoms with Crippen molar-refractivity contribution in [1.29, 1.82) is 0 Å². The molecule has 0 heterocycles. The zero-order valence-electron chi connectivity index (χ0n) is 16.6. The van der Waals surface area contributed by atoms with Crippen LogP contribution in [0.5, 0.6) is 11.5 Å². The Morgan fingerprint density at radius 3 is 2.41 bits per heavy atom. The van der Waals surface area contributed by atoms with E-state index in [0.29, 0.717) is 11.5 Å². The SMILES string of the molecule is CCOC(=O)[C@H](C)N[P@](=O)(Oc1ccc(C)cc1)Oc1cccc2ccccc12. The molecule has 29 heavy (non-hydrogen) atoms. The smallest absolute Gasteiger partial charge is 0.465 e. The first-order chi connectivity index (χ1) is 13.9. The molecule has 0 spiro atoms. The molecule has 1 N–H and O–H groups in total. The van der Waals surface area contributed by atoms with Gasteiger partial charge in [-0.2, -0.15) is 5.09 Å². The lowest BCUT2D eigenvalue weighted by atomic mass is 10.1. The molecule has 0 saturated heterocycles. The predicted octanol–water partition coefficient (Wildman–Crippen LogP) is 5.26. The summed E-state index contributed by atoms with van der Waals surface area (Å²) in [6.07, 6.45) is 0. The summed E-state index contributed by atoms with van der Waals surface area (Å²) in [6.45, 7) is 5.42. The third-order valence-electron chi connectivity index (χ3n) is 4.21. The third kappa shape index (κ3) is 5.37. The van der Waals surface area contributed by atoms with Gasteiger partial charge in [-0.15, -0.1) is 0 Å². The van der Waals surface area contributed by atoms with E-state index in [2.05, 4.69) is 5.09 Å². The van der Waals surface area contributed by atoms with Crippen LogP contribution in [0, 0.1) is 6.92 Å². The highest BCUT2D eigenvalue weighted by Crippen LogP contribution is 2.47. The van der Waals surface area contributed by atoms with Crippen molar-refractivity contribution < 1.29 is 23.1 Å². The molecule has 3 aromatic carbocycles. The van der Waals surface area contributed by atoms with E-state index in [0.717, 1.165) is 16.3 Å². The summed E-state index contributed by atoms with van der Waals surface area (Å²) in [5, 5.41) is 4.41. The molecule has 6 nitrogen and oxygen atoms in total. The molecule has 0 bridgehead atoms. The molecule has 0 amide bonds. The summed E-state index contributed by atoms with van der Waals surface area (Å²) in [4.78, 5) is 12.1. The Balaban J connectivity index is 1.93. The van der Waals surface area contributed by atoms with Crippen LogP contribution in [-0.4, -0.2) is 18.6 Å². The number of benzene rings is 3. The van der Waals surface area contributed by atoms with Crippen molar-refractivity contribution in [3.8, 4) is 11.5 Å². The number of carbonyl (C=O) groups is 1. The summed E-state index contributed by atoms with van der Waals surface area (Å²) in [5.74, 6) is 0.214. The van der Waals surface area contributed by atoms with Crippen LogP contribution in [0.15, 0.2) is 66.7 Å². The summed E-state index contributed by atoms with van der Waals surface area (Å²) in [7, 11) is -3.97. The van der Waals surface area contributed by atoms with Crippen molar-refractivity contribution in [1.82, 2.24) is 5.09 Å².